The summed E-state index contributed by atoms with van der Waals surface area (Å²) in [6, 6.07) is 3.11. The Labute approximate surface area is 133 Å². The topological polar surface area (TPSA) is 65.4 Å². The maximum Gasteiger partial charge on any atom is 0.355 e. The van der Waals surface area contributed by atoms with Gasteiger partial charge in [0.1, 0.15) is 12.3 Å². The van der Waals surface area contributed by atoms with E-state index in [0.29, 0.717) is 12.3 Å². The Kier molecular flexibility index (Phi) is 8.43. The molecule has 0 spiro atoms. The first kappa shape index (κ1) is 18.4. The molecule has 0 saturated carbocycles. The first-order valence-corrected chi connectivity index (χ1v) is 7.59. The Morgan fingerprint density at radius 1 is 1.18 bits per heavy atom. The van der Waals surface area contributed by atoms with Gasteiger partial charge in [-0.3, -0.25) is 14.0 Å². The molecule has 0 saturated heterocycles. The molecular weight excluding hydrogens is 313 g/mol. The zero-order valence-electron chi connectivity index (χ0n) is 12.2. The van der Waals surface area contributed by atoms with E-state index in [4.69, 9.17) is 16.3 Å². The zero-order valence-corrected chi connectivity index (χ0v) is 13.0. The third kappa shape index (κ3) is 6.39. The van der Waals surface area contributed by atoms with Gasteiger partial charge >= 0.3 is 5.97 Å². The lowest BCUT2D eigenvalue weighted by Crippen LogP contribution is -2.19. The van der Waals surface area contributed by atoms with Gasteiger partial charge in [0.2, 0.25) is 0 Å². The molecule has 0 bridgehead atoms. The normalized spacial score (nSPS) is 10.5. The van der Waals surface area contributed by atoms with Crippen LogP contribution in [0, 0.1) is 0 Å². The van der Waals surface area contributed by atoms with Gasteiger partial charge < -0.3 is 9.30 Å². The molecule has 0 aliphatic heterocycles. The molecule has 22 heavy (non-hydrogen) atoms. The Morgan fingerprint density at radius 3 is 2.59 bits per heavy atom. The highest BCUT2D eigenvalue weighted by Gasteiger charge is 2.15. The number of hydrogen-bond acceptors (Lipinski definition) is 4. The average molecular weight is 332 g/mol. The van der Waals surface area contributed by atoms with Gasteiger partial charge in [0.15, 0.2) is 11.6 Å². The van der Waals surface area contributed by atoms with Crippen molar-refractivity contribution in [2.45, 2.75) is 32.2 Å². The van der Waals surface area contributed by atoms with Crippen molar-refractivity contribution in [2.75, 3.05) is 19.2 Å². The van der Waals surface area contributed by atoms with E-state index < -0.39 is 12.6 Å². The van der Waals surface area contributed by atoms with Crippen LogP contribution in [0.4, 0.5) is 4.39 Å². The molecule has 5 nitrogen and oxygen atoms in total. The van der Waals surface area contributed by atoms with Crippen LogP contribution in [0.1, 0.15) is 36.2 Å². The van der Waals surface area contributed by atoms with E-state index in [2.05, 4.69) is 0 Å². The van der Waals surface area contributed by atoms with E-state index in [0.717, 1.165) is 0 Å². The SMILES string of the molecule is O=C(CCCCl)COC(=O)c1cccn1CC(=O)CCCF. The summed E-state index contributed by atoms with van der Waals surface area (Å²) in [6.07, 6.45) is 2.67. The summed E-state index contributed by atoms with van der Waals surface area (Å²) in [4.78, 5) is 35.0. The number of esters is 1. The standard InChI is InChI=1S/C15H19ClFNO4/c16-7-1-4-13(20)11-22-15(21)14-6-3-9-18(14)10-12(19)5-2-8-17/h3,6,9H,1-2,4-5,7-8,10-11H2. The molecule has 1 rings (SSSR count). The van der Waals surface area contributed by atoms with Crippen LogP contribution in [-0.2, 0) is 20.9 Å². The highest BCUT2D eigenvalue weighted by molar-refractivity contribution is 6.17. The van der Waals surface area contributed by atoms with Crippen LogP contribution in [0.5, 0.6) is 0 Å². The van der Waals surface area contributed by atoms with Gasteiger partial charge in [0.25, 0.3) is 0 Å². The minimum absolute atomic E-state index is 0.0162. The third-order valence-corrected chi connectivity index (χ3v) is 3.20. The van der Waals surface area contributed by atoms with Crippen LogP contribution in [0.25, 0.3) is 0 Å². The van der Waals surface area contributed by atoms with Crippen LogP contribution in [0.3, 0.4) is 0 Å². The fourth-order valence-corrected chi connectivity index (χ4v) is 1.96. The number of halogens is 2. The predicted octanol–water partition coefficient (Wildman–Crippen LogP) is 2.55. The van der Waals surface area contributed by atoms with E-state index in [1.165, 1.54) is 10.6 Å². The van der Waals surface area contributed by atoms with Crippen LogP contribution in [0.2, 0.25) is 0 Å². The molecule has 0 aromatic carbocycles. The molecule has 1 aromatic heterocycles. The van der Waals surface area contributed by atoms with Gasteiger partial charge in [-0.1, -0.05) is 0 Å². The first-order valence-electron chi connectivity index (χ1n) is 7.06. The molecule has 0 unspecified atom stereocenters. The van der Waals surface area contributed by atoms with Crippen molar-refractivity contribution >= 4 is 29.1 Å². The molecule has 7 heteroatoms. The number of nitrogens with zero attached hydrogens (tertiary/aromatic N) is 1. The van der Waals surface area contributed by atoms with Crippen LogP contribution in [0.15, 0.2) is 18.3 Å². The molecule has 0 amide bonds. The average Bonchev–Trinajstić information content (AvgIpc) is 2.96. The summed E-state index contributed by atoms with van der Waals surface area (Å²) in [5, 5.41) is 0. The second-order valence-electron chi connectivity index (χ2n) is 4.76. The van der Waals surface area contributed by atoms with E-state index in [9.17, 15) is 18.8 Å². The molecule has 122 valence electrons. The second-order valence-corrected chi connectivity index (χ2v) is 5.14. The number of hydrogen-bond donors (Lipinski definition) is 0. The number of Topliss-reactive ketones (excluding diaryl/α,β-unsaturated/α-hetero) is 2. The Balaban J connectivity index is 2.51. The lowest BCUT2D eigenvalue weighted by atomic mass is 10.2. The fraction of sp³-hybridized carbons (Fsp3) is 0.533. The number of carbonyl (C=O) groups is 3. The van der Waals surface area contributed by atoms with E-state index in [1.54, 1.807) is 12.3 Å². The van der Waals surface area contributed by atoms with Crippen LogP contribution < -0.4 is 0 Å². The summed E-state index contributed by atoms with van der Waals surface area (Å²) < 4.78 is 18.4. The van der Waals surface area contributed by atoms with Crippen molar-refractivity contribution in [3.63, 3.8) is 0 Å². The van der Waals surface area contributed by atoms with Crippen LogP contribution >= 0.6 is 11.6 Å². The third-order valence-electron chi connectivity index (χ3n) is 2.93. The number of ketones is 2. The monoisotopic (exact) mass is 331 g/mol. The molecule has 1 heterocycles. The Hall–Kier alpha value is -1.69. The van der Waals surface area contributed by atoms with Gasteiger partial charge in [-0.2, -0.15) is 0 Å². The quantitative estimate of drug-likeness (QED) is 0.462. The van der Waals surface area contributed by atoms with Crippen LogP contribution in [-0.4, -0.2) is 41.3 Å². The molecule has 0 N–H and O–H groups in total. The second kappa shape index (κ2) is 10.1. The van der Waals surface area contributed by atoms with Gasteiger partial charge in [-0.15, -0.1) is 11.6 Å². The predicted molar refractivity (Wildman–Crippen MR) is 79.9 cm³/mol. The van der Waals surface area contributed by atoms with Crippen molar-refractivity contribution in [3.05, 3.63) is 24.0 Å². The molecule has 0 fully saturated rings. The molecule has 0 aliphatic rings. The highest BCUT2D eigenvalue weighted by atomic mass is 35.5. The summed E-state index contributed by atoms with van der Waals surface area (Å²) in [5.74, 6) is -0.654. The molecular formula is C15H19ClFNO4. The fourth-order valence-electron chi connectivity index (χ4n) is 1.83. The summed E-state index contributed by atoms with van der Waals surface area (Å²) in [5.41, 5.74) is 0.193. The van der Waals surface area contributed by atoms with Crippen molar-refractivity contribution in [1.29, 1.82) is 0 Å². The summed E-state index contributed by atoms with van der Waals surface area (Å²) >= 11 is 5.48. The van der Waals surface area contributed by atoms with Gasteiger partial charge in [0, 0.05) is 24.9 Å². The summed E-state index contributed by atoms with van der Waals surface area (Å²) in [6.45, 7) is -0.870. The largest absolute Gasteiger partial charge is 0.453 e. The molecule has 0 atom stereocenters. The molecule has 0 aliphatic carbocycles. The van der Waals surface area contributed by atoms with E-state index in [-0.39, 0.29) is 49.7 Å². The number of rotatable bonds is 11. The van der Waals surface area contributed by atoms with Crippen molar-refractivity contribution < 1.29 is 23.5 Å². The van der Waals surface area contributed by atoms with Gasteiger partial charge in [-0.25, -0.2) is 4.79 Å². The lowest BCUT2D eigenvalue weighted by Gasteiger charge is -2.08. The Bertz CT molecular complexity index is 515. The number of aromatic nitrogens is 1. The number of alkyl halides is 2. The van der Waals surface area contributed by atoms with Crippen molar-refractivity contribution in [1.82, 2.24) is 4.57 Å². The molecule has 0 radical (unpaired) electrons. The van der Waals surface area contributed by atoms with Crippen molar-refractivity contribution in [3.8, 4) is 0 Å². The van der Waals surface area contributed by atoms with Gasteiger partial charge in [0.05, 0.1) is 13.2 Å². The first-order chi connectivity index (χ1) is 10.6. The minimum atomic E-state index is -0.664. The summed E-state index contributed by atoms with van der Waals surface area (Å²) in [7, 11) is 0. The maximum atomic E-state index is 12.0. The number of ether oxygens (including phenoxy) is 1. The smallest absolute Gasteiger partial charge is 0.355 e. The van der Waals surface area contributed by atoms with Crippen molar-refractivity contribution in [2.24, 2.45) is 0 Å². The minimum Gasteiger partial charge on any atom is -0.453 e. The van der Waals surface area contributed by atoms with E-state index >= 15 is 0 Å². The zero-order chi connectivity index (χ0) is 16.4. The highest BCUT2D eigenvalue weighted by Crippen LogP contribution is 2.07. The van der Waals surface area contributed by atoms with E-state index in [1.807, 2.05) is 0 Å². The maximum absolute atomic E-state index is 12.0. The molecule has 1 aromatic rings. The van der Waals surface area contributed by atoms with Gasteiger partial charge in [-0.05, 0) is 25.0 Å². The Morgan fingerprint density at radius 2 is 1.91 bits per heavy atom. The number of carbonyl (C=O) groups excluding carboxylic acids is 3. The lowest BCUT2D eigenvalue weighted by molar-refractivity contribution is -0.122.